The summed E-state index contributed by atoms with van der Waals surface area (Å²) in [5, 5.41) is 0.279. The van der Waals surface area contributed by atoms with Gasteiger partial charge in [-0.15, -0.1) is 12.4 Å². The summed E-state index contributed by atoms with van der Waals surface area (Å²) in [6, 6.07) is 1.98. The number of aromatic nitrogens is 1. The minimum atomic E-state index is -0.756. The quantitative estimate of drug-likeness (QED) is 0.765. The van der Waals surface area contributed by atoms with Gasteiger partial charge in [-0.2, -0.15) is 0 Å². The first kappa shape index (κ1) is 20.3. The molecular formula is C16H18ClF2N3O3S. The molecule has 1 aromatic heterocycles. The monoisotopic (exact) mass is 405 g/mol. The largest absolute Gasteiger partial charge is 0.494 e. The minimum Gasteiger partial charge on any atom is -0.494 e. The summed E-state index contributed by atoms with van der Waals surface area (Å²) in [7, 11) is 3.74. The Morgan fingerprint density at radius 1 is 1.27 bits per heavy atom. The number of ether oxygens (including phenoxy) is 2. The molecule has 10 heteroatoms. The molecular weight excluding hydrogens is 388 g/mol. The Bertz CT molecular complexity index is 828. The molecule has 1 aromatic carbocycles. The van der Waals surface area contributed by atoms with Crippen LogP contribution in [0.2, 0.25) is 0 Å². The molecule has 3 rings (SSSR count). The molecule has 6 nitrogen and oxygen atoms in total. The smallest absolute Gasteiger partial charge is 0.298 e. The molecule has 2 aromatic rings. The second kappa shape index (κ2) is 8.61. The fourth-order valence-corrected chi connectivity index (χ4v) is 3.29. The maximum absolute atomic E-state index is 13.9. The molecule has 0 spiro atoms. The van der Waals surface area contributed by atoms with Crippen molar-refractivity contribution >= 4 is 45.0 Å². The van der Waals surface area contributed by atoms with Gasteiger partial charge in [0, 0.05) is 19.2 Å². The van der Waals surface area contributed by atoms with Crippen LogP contribution in [0.25, 0.3) is 10.2 Å². The lowest BCUT2D eigenvalue weighted by atomic mass is 10.3. The molecule has 26 heavy (non-hydrogen) atoms. The number of nitrogens with zero attached hydrogens (tertiary/aromatic N) is 3. The van der Waals surface area contributed by atoms with E-state index in [0.29, 0.717) is 24.4 Å². The van der Waals surface area contributed by atoms with Gasteiger partial charge in [0.1, 0.15) is 30.8 Å². The zero-order valence-electron chi connectivity index (χ0n) is 14.2. The van der Waals surface area contributed by atoms with Crippen molar-refractivity contribution < 1.29 is 23.0 Å². The number of benzene rings is 1. The molecule has 142 valence electrons. The van der Waals surface area contributed by atoms with E-state index in [0.717, 1.165) is 17.4 Å². The van der Waals surface area contributed by atoms with Crippen LogP contribution in [0.4, 0.5) is 13.9 Å². The van der Waals surface area contributed by atoms with Crippen molar-refractivity contribution in [2.75, 3.05) is 45.3 Å². The number of thiazole rings is 1. The standard InChI is InChI=1S/C16H17F2N3O3S.ClH/c1-20(2)3-4-21(15(22)12-9-23-5-6-24-12)16-19-14-11(18)7-10(17)8-13(14)25-16;/h7-9H,3-6H2,1-2H3;1H. The van der Waals surface area contributed by atoms with Crippen LogP contribution in [-0.4, -0.2) is 56.2 Å². The molecule has 0 saturated heterocycles. The van der Waals surface area contributed by atoms with Gasteiger partial charge in [-0.25, -0.2) is 13.8 Å². The van der Waals surface area contributed by atoms with Gasteiger partial charge in [0.15, 0.2) is 10.9 Å². The maximum Gasteiger partial charge on any atom is 0.298 e. The van der Waals surface area contributed by atoms with E-state index in [1.54, 1.807) is 0 Å². The van der Waals surface area contributed by atoms with Crippen LogP contribution in [0.3, 0.4) is 0 Å². The van der Waals surface area contributed by atoms with Gasteiger partial charge in [0.25, 0.3) is 5.91 Å². The Labute approximate surface area is 159 Å². The lowest BCUT2D eigenvalue weighted by Crippen LogP contribution is -2.38. The van der Waals surface area contributed by atoms with Crippen LogP contribution < -0.4 is 4.90 Å². The van der Waals surface area contributed by atoms with Crippen molar-refractivity contribution in [2.45, 2.75) is 0 Å². The Morgan fingerprint density at radius 3 is 2.69 bits per heavy atom. The van der Waals surface area contributed by atoms with E-state index in [-0.39, 0.29) is 35.4 Å². The van der Waals surface area contributed by atoms with Crippen LogP contribution >= 0.6 is 23.7 Å². The van der Waals surface area contributed by atoms with Crippen molar-refractivity contribution in [3.05, 3.63) is 35.8 Å². The first-order chi connectivity index (χ1) is 12.0. The Morgan fingerprint density at radius 2 is 2.04 bits per heavy atom. The van der Waals surface area contributed by atoms with Crippen molar-refractivity contribution in [2.24, 2.45) is 0 Å². The topological polar surface area (TPSA) is 54.9 Å². The average molecular weight is 406 g/mol. The second-order valence-corrected chi connectivity index (χ2v) is 6.70. The highest BCUT2D eigenvalue weighted by Gasteiger charge is 2.26. The van der Waals surface area contributed by atoms with Crippen LogP contribution in [0.5, 0.6) is 0 Å². The third-order valence-electron chi connectivity index (χ3n) is 3.51. The fraction of sp³-hybridized carbons (Fsp3) is 0.375. The molecule has 0 aliphatic carbocycles. The molecule has 0 N–H and O–H groups in total. The number of halogens is 3. The Balaban J connectivity index is 0.00000243. The lowest BCUT2D eigenvalue weighted by Gasteiger charge is -2.24. The molecule has 1 aliphatic rings. The van der Waals surface area contributed by atoms with Crippen molar-refractivity contribution in [3.8, 4) is 0 Å². The number of fused-ring (bicyclic) bond motifs is 1. The number of carbonyl (C=O) groups excluding carboxylic acids is 1. The molecule has 0 atom stereocenters. The summed E-state index contributed by atoms with van der Waals surface area (Å²) >= 11 is 1.05. The minimum absolute atomic E-state index is 0. The summed E-state index contributed by atoms with van der Waals surface area (Å²) in [5.74, 6) is -1.80. The predicted molar refractivity (Wildman–Crippen MR) is 97.7 cm³/mol. The summed E-state index contributed by atoms with van der Waals surface area (Å²) in [6.07, 6.45) is 1.27. The van der Waals surface area contributed by atoms with E-state index in [1.807, 2.05) is 19.0 Å². The average Bonchev–Trinajstić information content (AvgIpc) is 2.99. The van der Waals surface area contributed by atoms with Gasteiger partial charge < -0.3 is 14.4 Å². The van der Waals surface area contributed by atoms with E-state index in [4.69, 9.17) is 9.47 Å². The number of likely N-dealkylation sites (N-methyl/N-ethyl adjacent to an activating group) is 1. The van der Waals surface area contributed by atoms with Crippen molar-refractivity contribution in [3.63, 3.8) is 0 Å². The number of rotatable bonds is 5. The van der Waals surface area contributed by atoms with Gasteiger partial charge in [-0.05, 0) is 20.2 Å². The maximum atomic E-state index is 13.9. The molecule has 2 heterocycles. The van der Waals surface area contributed by atoms with Gasteiger partial charge >= 0.3 is 0 Å². The predicted octanol–water partition coefficient (Wildman–Crippen LogP) is 2.78. The first-order valence-electron chi connectivity index (χ1n) is 7.62. The second-order valence-electron chi connectivity index (χ2n) is 5.69. The third-order valence-corrected chi connectivity index (χ3v) is 4.53. The molecule has 1 aliphatic heterocycles. The third kappa shape index (κ3) is 4.40. The fourth-order valence-electron chi connectivity index (χ4n) is 2.26. The van der Waals surface area contributed by atoms with Crippen LogP contribution in [0.1, 0.15) is 0 Å². The SMILES string of the molecule is CN(C)CCN(C(=O)C1=COCCO1)c1nc2c(F)cc(F)cc2s1.Cl. The lowest BCUT2D eigenvalue weighted by molar-refractivity contribution is -0.119. The molecule has 0 radical (unpaired) electrons. The van der Waals surface area contributed by atoms with Gasteiger partial charge in [-0.3, -0.25) is 9.69 Å². The molecule has 0 unspecified atom stereocenters. The Kier molecular flexibility index (Phi) is 6.74. The highest BCUT2D eigenvalue weighted by molar-refractivity contribution is 7.22. The number of anilines is 1. The Hall–Kier alpha value is -1.97. The van der Waals surface area contributed by atoms with E-state index in [1.165, 1.54) is 17.2 Å². The zero-order chi connectivity index (χ0) is 18.0. The van der Waals surface area contributed by atoms with Crippen LogP contribution in [-0.2, 0) is 14.3 Å². The molecule has 0 saturated carbocycles. The van der Waals surface area contributed by atoms with Gasteiger partial charge in [-0.1, -0.05) is 11.3 Å². The number of hydrogen-bond donors (Lipinski definition) is 0. The van der Waals surface area contributed by atoms with E-state index in [9.17, 15) is 13.6 Å². The molecule has 0 fully saturated rings. The summed E-state index contributed by atoms with van der Waals surface area (Å²) in [6.45, 7) is 1.53. The highest BCUT2D eigenvalue weighted by Crippen LogP contribution is 2.32. The normalized spacial score (nSPS) is 13.7. The first-order valence-corrected chi connectivity index (χ1v) is 8.44. The van der Waals surface area contributed by atoms with E-state index < -0.39 is 17.5 Å². The van der Waals surface area contributed by atoms with Crippen LogP contribution in [0.15, 0.2) is 24.2 Å². The zero-order valence-corrected chi connectivity index (χ0v) is 15.8. The summed E-state index contributed by atoms with van der Waals surface area (Å²) in [4.78, 5) is 20.3. The van der Waals surface area contributed by atoms with Crippen LogP contribution in [0, 0.1) is 11.6 Å². The summed E-state index contributed by atoms with van der Waals surface area (Å²) in [5.41, 5.74) is 0.0406. The van der Waals surface area contributed by atoms with Gasteiger partial charge in [0.2, 0.25) is 5.76 Å². The number of carbonyl (C=O) groups is 1. The van der Waals surface area contributed by atoms with Gasteiger partial charge in [0.05, 0.1) is 4.70 Å². The van der Waals surface area contributed by atoms with Crippen molar-refractivity contribution in [1.82, 2.24) is 9.88 Å². The van der Waals surface area contributed by atoms with E-state index >= 15 is 0 Å². The molecule has 0 bridgehead atoms. The number of amides is 1. The number of hydrogen-bond acceptors (Lipinski definition) is 6. The molecule has 1 amide bonds. The van der Waals surface area contributed by atoms with Crippen molar-refractivity contribution in [1.29, 1.82) is 0 Å². The summed E-state index contributed by atoms with van der Waals surface area (Å²) < 4.78 is 38.2. The van der Waals surface area contributed by atoms with E-state index in [2.05, 4.69) is 4.98 Å². The highest BCUT2D eigenvalue weighted by atomic mass is 35.5.